The molecule has 1 N–H and O–H groups in total. The maximum Gasteiger partial charge on any atom is 0.220 e. The zero-order chi connectivity index (χ0) is 17.7. The van der Waals surface area contributed by atoms with Crippen molar-refractivity contribution in [3.8, 4) is 5.75 Å². The Morgan fingerprint density at radius 2 is 2.04 bits per heavy atom. The molecule has 0 bridgehead atoms. The largest absolute Gasteiger partial charge is 0.512 e. The number of nitrogens with zero attached hydrogens (tertiary/aromatic N) is 2. The number of rotatable bonds is 1. The van der Waals surface area contributed by atoms with Crippen LogP contribution in [0.4, 0.5) is 0 Å². The molecule has 0 saturated heterocycles. The number of ether oxygens (including phenoxy) is 1. The molecule has 0 radical (unpaired) electrons. The van der Waals surface area contributed by atoms with Gasteiger partial charge in [0, 0.05) is 35.9 Å². The number of hydrogen-bond donors (Lipinski definition) is 1. The number of halogens is 1. The highest BCUT2D eigenvalue weighted by molar-refractivity contribution is 6.30. The fraction of sp³-hybridized carbons (Fsp3) is 0.286. The van der Waals surface area contributed by atoms with E-state index in [1.807, 2.05) is 47.5 Å². The van der Waals surface area contributed by atoms with Gasteiger partial charge in [0.05, 0.1) is 17.5 Å². The molecule has 1 spiro atoms. The van der Waals surface area contributed by atoms with Gasteiger partial charge in [0.2, 0.25) is 5.72 Å². The minimum absolute atomic E-state index is 0.0507. The van der Waals surface area contributed by atoms with Crippen molar-refractivity contribution < 1.29 is 9.84 Å². The predicted molar refractivity (Wildman–Crippen MR) is 102 cm³/mol. The number of allylic oxidation sites excluding steroid dienone is 1. The lowest BCUT2D eigenvalue weighted by molar-refractivity contribution is -0.0944. The average molecular weight is 367 g/mol. The van der Waals surface area contributed by atoms with Crippen LogP contribution in [-0.4, -0.2) is 21.6 Å². The van der Waals surface area contributed by atoms with Crippen LogP contribution in [0.2, 0.25) is 5.02 Å². The van der Waals surface area contributed by atoms with Gasteiger partial charge >= 0.3 is 0 Å². The molecule has 4 nitrogen and oxygen atoms in total. The van der Waals surface area contributed by atoms with Gasteiger partial charge in [0.15, 0.2) is 0 Å². The molecule has 1 aliphatic carbocycles. The Kier molecular flexibility index (Phi) is 3.50. The second-order valence-corrected chi connectivity index (χ2v) is 7.53. The SMILES string of the molecule is OC1=C[C@@]2(CCC1)Oc1ccc(Cl)cc1[C@@H]1CC(c3ccccc3)=NN12. The molecule has 2 atom stereocenters. The van der Waals surface area contributed by atoms with E-state index in [9.17, 15) is 5.11 Å². The zero-order valence-electron chi connectivity index (χ0n) is 14.2. The normalized spacial score (nSPS) is 26.7. The topological polar surface area (TPSA) is 45.1 Å². The third-order valence-electron chi connectivity index (χ3n) is 5.38. The molecular formula is C21H19ClN2O2. The van der Waals surface area contributed by atoms with E-state index in [1.54, 1.807) is 0 Å². The Morgan fingerprint density at radius 3 is 2.85 bits per heavy atom. The maximum atomic E-state index is 10.2. The van der Waals surface area contributed by atoms with E-state index in [1.165, 1.54) is 0 Å². The summed E-state index contributed by atoms with van der Waals surface area (Å²) in [5, 5.41) is 17.9. The molecule has 26 heavy (non-hydrogen) atoms. The van der Waals surface area contributed by atoms with E-state index >= 15 is 0 Å². The minimum Gasteiger partial charge on any atom is -0.512 e. The standard InChI is InChI=1S/C21H19ClN2O2/c22-15-8-9-20-17(11-15)19-12-18(14-5-2-1-3-6-14)23-24(19)21(26-20)10-4-7-16(25)13-21/h1-3,5-6,8-9,11,13,19,25H,4,7,10,12H2/t19-,21+/m0/s1. The Bertz CT molecular complexity index is 925. The maximum absolute atomic E-state index is 10.2. The monoisotopic (exact) mass is 366 g/mol. The fourth-order valence-electron chi connectivity index (χ4n) is 4.20. The summed E-state index contributed by atoms with van der Waals surface area (Å²) in [5.41, 5.74) is 2.47. The summed E-state index contributed by atoms with van der Waals surface area (Å²) in [6, 6.07) is 16.0. The van der Waals surface area contributed by atoms with Crippen LogP contribution in [0.3, 0.4) is 0 Å². The van der Waals surface area contributed by atoms with Crippen molar-refractivity contribution in [1.29, 1.82) is 0 Å². The van der Waals surface area contributed by atoms with Gasteiger partial charge in [-0.15, -0.1) is 0 Å². The Labute approximate surface area is 157 Å². The van der Waals surface area contributed by atoms with Crippen LogP contribution in [0.25, 0.3) is 0 Å². The van der Waals surface area contributed by atoms with E-state index in [0.29, 0.717) is 17.2 Å². The van der Waals surface area contributed by atoms with Crippen molar-refractivity contribution in [2.45, 2.75) is 37.5 Å². The van der Waals surface area contributed by atoms with Crippen LogP contribution in [-0.2, 0) is 0 Å². The van der Waals surface area contributed by atoms with Gasteiger partial charge in [-0.25, -0.2) is 5.01 Å². The highest BCUT2D eigenvalue weighted by atomic mass is 35.5. The van der Waals surface area contributed by atoms with Gasteiger partial charge in [0.25, 0.3) is 0 Å². The van der Waals surface area contributed by atoms with E-state index < -0.39 is 5.72 Å². The summed E-state index contributed by atoms with van der Waals surface area (Å²) < 4.78 is 6.41. The molecule has 2 aromatic carbocycles. The van der Waals surface area contributed by atoms with Crippen LogP contribution in [0, 0.1) is 0 Å². The fourth-order valence-corrected chi connectivity index (χ4v) is 4.39. The number of aliphatic hydroxyl groups is 1. The number of hydrazone groups is 1. The van der Waals surface area contributed by atoms with Crippen LogP contribution >= 0.6 is 11.6 Å². The molecule has 5 heteroatoms. The first-order valence-electron chi connectivity index (χ1n) is 8.96. The van der Waals surface area contributed by atoms with Crippen LogP contribution in [0.1, 0.15) is 42.9 Å². The Balaban J connectivity index is 1.66. The molecule has 2 heterocycles. The summed E-state index contributed by atoms with van der Waals surface area (Å²) in [5.74, 6) is 1.20. The van der Waals surface area contributed by atoms with E-state index in [-0.39, 0.29) is 6.04 Å². The first kappa shape index (κ1) is 15.8. The lowest BCUT2D eigenvalue weighted by Gasteiger charge is -2.47. The third-order valence-corrected chi connectivity index (χ3v) is 5.62. The van der Waals surface area contributed by atoms with Gasteiger partial charge in [0.1, 0.15) is 5.75 Å². The highest BCUT2D eigenvalue weighted by Crippen LogP contribution is 2.50. The lowest BCUT2D eigenvalue weighted by Crippen LogP contribution is -2.53. The molecule has 5 rings (SSSR count). The highest BCUT2D eigenvalue weighted by Gasteiger charge is 2.50. The first-order valence-corrected chi connectivity index (χ1v) is 9.34. The number of hydrogen-bond acceptors (Lipinski definition) is 4. The summed E-state index contributed by atoms with van der Waals surface area (Å²) in [6.45, 7) is 0. The smallest absolute Gasteiger partial charge is 0.220 e. The third kappa shape index (κ3) is 2.40. The van der Waals surface area contributed by atoms with E-state index in [4.69, 9.17) is 21.4 Å². The van der Waals surface area contributed by atoms with Crippen molar-refractivity contribution in [1.82, 2.24) is 5.01 Å². The van der Waals surface area contributed by atoms with Crippen LogP contribution < -0.4 is 4.74 Å². The number of benzene rings is 2. The van der Waals surface area contributed by atoms with Gasteiger partial charge in [-0.3, -0.25) is 0 Å². The van der Waals surface area contributed by atoms with Gasteiger partial charge in [-0.05, 0) is 30.2 Å². The first-order chi connectivity index (χ1) is 12.6. The summed E-state index contributed by atoms with van der Waals surface area (Å²) >= 11 is 6.26. The second kappa shape index (κ2) is 5.78. The zero-order valence-corrected chi connectivity index (χ0v) is 15.0. The number of fused-ring (bicyclic) bond motifs is 4. The summed E-state index contributed by atoms with van der Waals surface area (Å²) in [4.78, 5) is 0. The number of aliphatic hydroxyl groups excluding tert-OH is 1. The van der Waals surface area contributed by atoms with Crippen molar-refractivity contribution >= 4 is 17.3 Å². The summed E-state index contributed by atoms with van der Waals surface area (Å²) in [7, 11) is 0. The van der Waals surface area contributed by atoms with Crippen LogP contribution in [0.15, 0.2) is 65.5 Å². The van der Waals surface area contributed by atoms with E-state index in [0.717, 1.165) is 41.9 Å². The van der Waals surface area contributed by atoms with Crippen LogP contribution in [0.5, 0.6) is 5.75 Å². The Hall–Kier alpha value is -2.46. The summed E-state index contributed by atoms with van der Waals surface area (Å²) in [6.07, 6.45) is 4.97. The van der Waals surface area contributed by atoms with Gasteiger partial charge in [-0.2, -0.15) is 5.10 Å². The minimum atomic E-state index is -0.732. The van der Waals surface area contributed by atoms with E-state index in [2.05, 4.69) is 12.1 Å². The average Bonchev–Trinajstić information content (AvgIpc) is 3.10. The molecule has 2 aromatic rings. The molecule has 0 fully saturated rings. The molecule has 0 unspecified atom stereocenters. The van der Waals surface area contributed by atoms with Gasteiger partial charge in [-0.1, -0.05) is 41.9 Å². The van der Waals surface area contributed by atoms with Crippen molar-refractivity contribution in [3.05, 3.63) is 76.5 Å². The Morgan fingerprint density at radius 1 is 1.19 bits per heavy atom. The molecule has 0 amide bonds. The van der Waals surface area contributed by atoms with Crippen molar-refractivity contribution in [3.63, 3.8) is 0 Å². The van der Waals surface area contributed by atoms with Crippen molar-refractivity contribution in [2.24, 2.45) is 5.10 Å². The van der Waals surface area contributed by atoms with Crippen molar-refractivity contribution in [2.75, 3.05) is 0 Å². The molecular weight excluding hydrogens is 348 g/mol. The quantitative estimate of drug-likeness (QED) is 0.753. The molecule has 0 aromatic heterocycles. The molecule has 3 aliphatic rings. The predicted octanol–water partition coefficient (Wildman–Crippen LogP) is 5.21. The molecule has 132 valence electrons. The molecule has 0 saturated carbocycles. The lowest BCUT2D eigenvalue weighted by atomic mass is 9.90. The second-order valence-electron chi connectivity index (χ2n) is 7.10. The molecule has 2 aliphatic heterocycles. The van der Waals surface area contributed by atoms with Gasteiger partial charge < -0.3 is 9.84 Å².